The summed E-state index contributed by atoms with van der Waals surface area (Å²) in [7, 11) is 0. The van der Waals surface area contributed by atoms with Gasteiger partial charge in [0, 0.05) is 12.2 Å². The first-order chi connectivity index (χ1) is 9.25. The van der Waals surface area contributed by atoms with E-state index < -0.39 is 0 Å². The molecular weight excluding hydrogens is 238 g/mol. The molecule has 1 fully saturated rings. The summed E-state index contributed by atoms with van der Waals surface area (Å²) in [4.78, 5) is 11.9. The molecule has 1 aliphatic rings. The first kappa shape index (κ1) is 14.0. The standard InChI is InChI=1S/C15H23N3O/c1-12(9-10-13-6-3-2-4-7-13)17-15(19)14-8-5-11-16-18-14/h5,8,11-13H,2-4,6-7,9-10H2,1H3,(H,17,19). The zero-order chi connectivity index (χ0) is 13.5. The third-order valence-corrected chi connectivity index (χ3v) is 3.92. The number of nitrogens with one attached hydrogen (secondary N) is 1. The molecule has 0 radical (unpaired) electrons. The van der Waals surface area contributed by atoms with Gasteiger partial charge in [0.15, 0.2) is 5.69 Å². The molecule has 1 aromatic heterocycles. The Kier molecular flexibility index (Phi) is 5.31. The highest BCUT2D eigenvalue weighted by Crippen LogP contribution is 2.27. The monoisotopic (exact) mass is 261 g/mol. The van der Waals surface area contributed by atoms with Crippen LogP contribution in [0.5, 0.6) is 0 Å². The summed E-state index contributed by atoms with van der Waals surface area (Å²) in [6.07, 6.45) is 10.7. The molecule has 4 heteroatoms. The van der Waals surface area contributed by atoms with Crippen molar-refractivity contribution in [3.8, 4) is 0 Å². The van der Waals surface area contributed by atoms with Gasteiger partial charge in [-0.05, 0) is 37.8 Å². The first-order valence-electron chi connectivity index (χ1n) is 7.34. The number of nitrogens with zero attached hydrogens (tertiary/aromatic N) is 2. The minimum Gasteiger partial charge on any atom is -0.348 e. The Morgan fingerprint density at radius 2 is 2.21 bits per heavy atom. The fourth-order valence-electron chi connectivity index (χ4n) is 2.75. The van der Waals surface area contributed by atoms with Crippen molar-refractivity contribution in [2.75, 3.05) is 0 Å². The van der Waals surface area contributed by atoms with Crippen LogP contribution in [0.4, 0.5) is 0 Å². The molecule has 1 N–H and O–H groups in total. The Labute approximate surface area is 115 Å². The third-order valence-electron chi connectivity index (χ3n) is 3.92. The molecule has 2 rings (SSSR count). The number of carbonyl (C=O) groups is 1. The number of aromatic nitrogens is 2. The highest BCUT2D eigenvalue weighted by molar-refractivity contribution is 5.92. The lowest BCUT2D eigenvalue weighted by molar-refractivity contribution is 0.0930. The van der Waals surface area contributed by atoms with E-state index >= 15 is 0 Å². The molecule has 0 aliphatic heterocycles. The topological polar surface area (TPSA) is 54.9 Å². The summed E-state index contributed by atoms with van der Waals surface area (Å²) < 4.78 is 0. The summed E-state index contributed by atoms with van der Waals surface area (Å²) >= 11 is 0. The Hall–Kier alpha value is -1.45. The highest BCUT2D eigenvalue weighted by atomic mass is 16.2. The van der Waals surface area contributed by atoms with Crippen molar-refractivity contribution in [2.45, 2.75) is 57.9 Å². The zero-order valence-corrected chi connectivity index (χ0v) is 11.6. The van der Waals surface area contributed by atoms with Gasteiger partial charge in [-0.15, -0.1) is 5.10 Å². The highest BCUT2D eigenvalue weighted by Gasteiger charge is 2.16. The predicted octanol–water partition coefficient (Wildman–Crippen LogP) is 2.96. The lowest BCUT2D eigenvalue weighted by Crippen LogP contribution is -2.33. The maximum atomic E-state index is 11.9. The minimum atomic E-state index is -0.121. The molecule has 1 unspecified atom stereocenters. The van der Waals surface area contributed by atoms with Gasteiger partial charge in [-0.3, -0.25) is 4.79 Å². The first-order valence-corrected chi connectivity index (χ1v) is 7.34. The molecule has 1 aliphatic carbocycles. The summed E-state index contributed by atoms with van der Waals surface area (Å²) in [5.74, 6) is 0.744. The Morgan fingerprint density at radius 3 is 2.89 bits per heavy atom. The predicted molar refractivity (Wildman–Crippen MR) is 74.8 cm³/mol. The number of carbonyl (C=O) groups excluding carboxylic acids is 1. The molecule has 1 amide bonds. The van der Waals surface area contributed by atoms with Crippen molar-refractivity contribution in [1.82, 2.24) is 15.5 Å². The van der Waals surface area contributed by atoms with Gasteiger partial charge in [0.05, 0.1) is 0 Å². The molecule has 1 heterocycles. The molecule has 0 aromatic carbocycles. The minimum absolute atomic E-state index is 0.121. The van der Waals surface area contributed by atoms with Crippen LogP contribution in [0.2, 0.25) is 0 Å². The average molecular weight is 261 g/mol. The number of hydrogen-bond donors (Lipinski definition) is 1. The van der Waals surface area contributed by atoms with E-state index in [1.165, 1.54) is 38.5 Å². The lowest BCUT2D eigenvalue weighted by atomic mass is 9.85. The van der Waals surface area contributed by atoms with E-state index in [1.54, 1.807) is 18.3 Å². The summed E-state index contributed by atoms with van der Waals surface area (Å²) in [5, 5.41) is 10.5. The normalized spacial score (nSPS) is 17.9. The van der Waals surface area contributed by atoms with Gasteiger partial charge in [0.2, 0.25) is 0 Å². The number of hydrogen-bond acceptors (Lipinski definition) is 3. The Morgan fingerprint density at radius 1 is 1.42 bits per heavy atom. The van der Waals surface area contributed by atoms with Crippen molar-refractivity contribution < 1.29 is 4.79 Å². The van der Waals surface area contributed by atoms with Crippen LogP contribution in [0.15, 0.2) is 18.3 Å². The largest absolute Gasteiger partial charge is 0.348 e. The van der Waals surface area contributed by atoms with Crippen LogP contribution in [0.25, 0.3) is 0 Å². The van der Waals surface area contributed by atoms with Gasteiger partial charge >= 0.3 is 0 Å². The molecule has 0 bridgehead atoms. The molecule has 4 nitrogen and oxygen atoms in total. The van der Waals surface area contributed by atoms with Crippen LogP contribution < -0.4 is 5.32 Å². The SMILES string of the molecule is CC(CCC1CCCCC1)NC(=O)c1cccnn1. The van der Waals surface area contributed by atoms with Crippen LogP contribution in [-0.4, -0.2) is 22.1 Å². The lowest BCUT2D eigenvalue weighted by Gasteiger charge is -2.23. The fraction of sp³-hybridized carbons (Fsp3) is 0.667. The van der Waals surface area contributed by atoms with Crippen LogP contribution >= 0.6 is 0 Å². The number of amides is 1. The van der Waals surface area contributed by atoms with Crippen molar-refractivity contribution >= 4 is 5.91 Å². The van der Waals surface area contributed by atoms with Gasteiger partial charge in [-0.1, -0.05) is 32.1 Å². The molecule has 0 saturated heterocycles. The van der Waals surface area contributed by atoms with Crippen molar-refractivity contribution in [1.29, 1.82) is 0 Å². The summed E-state index contributed by atoms with van der Waals surface area (Å²) in [6, 6.07) is 3.63. The number of rotatable bonds is 5. The van der Waals surface area contributed by atoms with Gasteiger partial charge in [0.1, 0.15) is 0 Å². The Bertz CT molecular complexity index is 388. The van der Waals surface area contributed by atoms with E-state index in [0.717, 1.165) is 12.3 Å². The van der Waals surface area contributed by atoms with Crippen LogP contribution in [-0.2, 0) is 0 Å². The molecule has 1 atom stereocenters. The smallest absolute Gasteiger partial charge is 0.272 e. The van der Waals surface area contributed by atoms with Crippen LogP contribution in [0, 0.1) is 5.92 Å². The second-order valence-electron chi connectivity index (χ2n) is 5.56. The molecule has 19 heavy (non-hydrogen) atoms. The van der Waals surface area contributed by atoms with E-state index in [-0.39, 0.29) is 11.9 Å². The van der Waals surface area contributed by atoms with E-state index in [4.69, 9.17) is 0 Å². The third kappa shape index (κ3) is 4.62. The van der Waals surface area contributed by atoms with E-state index in [1.807, 2.05) is 0 Å². The quantitative estimate of drug-likeness (QED) is 0.886. The average Bonchev–Trinajstić information content (AvgIpc) is 2.47. The van der Waals surface area contributed by atoms with Gasteiger partial charge in [-0.25, -0.2) is 0 Å². The van der Waals surface area contributed by atoms with Crippen molar-refractivity contribution in [2.24, 2.45) is 5.92 Å². The molecule has 1 aromatic rings. The summed E-state index contributed by atoms with van der Waals surface area (Å²) in [6.45, 7) is 2.07. The maximum Gasteiger partial charge on any atom is 0.272 e. The second-order valence-corrected chi connectivity index (χ2v) is 5.56. The zero-order valence-electron chi connectivity index (χ0n) is 11.6. The van der Waals surface area contributed by atoms with Gasteiger partial charge in [0.25, 0.3) is 5.91 Å². The molecular formula is C15H23N3O. The fourth-order valence-corrected chi connectivity index (χ4v) is 2.75. The van der Waals surface area contributed by atoms with E-state index in [2.05, 4.69) is 22.4 Å². The molecule has 0 spiro atoms. The Balaban J connectivity index is 1.71. The maximum absolute atomic E-state index is 11.9. The van der Waals surface area contributed by atoms with Gasteiger partial charge in [-0.2, -0.15) is 5.10 Å². The van der Waals surface area contributed by atoms with Crippen molar-refractivity contribution in [3.63, 3.8) is 0 Å². The van der Waals surface area contributed by atoms with Gasteiger partial charge < -0.3 is 5.32 Å². The van der Waals surface area contributed by atoms with Crippen LogP contribution in [0.3, 0.4) is 0 Å². The molecule has 1 saturated carbocycles. The van der Waals surface area contributed by atoms with E-state index in [0.29, 0.717) is 5.69 Å². The second kappa shape index (κ2) is 7.22. The summed E-state index contributed by atoms with van der Waals surface area (Å²) in [5.41, 5.74) is 0.395. The van der Waals surface area contributed by atoms with Crippen LogP contribution in [0.1, 0.15) is 62.4 Å². The molecule has 104 valence electrons. The van der Waals surface area contributed by atoms with E-state index in [9.17, 15) is 4.79 Å². The van der Waals surface area contributed by atoms with Crippen molar-refractivity contribution in [3.05, 3.63) is 24.0 Å².